The summed E-state index contributed by atoms with van der Waals surface area (Å²) in [5, 5.41) is 10.2. The summed E-state index contributed by atoms with van der Waals surface area (Å²) in [6.07, 6.45) is -0.334. The molecule has 20 heavy (non-hydrogen) atoms. The Bertz CT molecular complexity index is 560. The maximum absolute atomic E-state index is 13.2. The molecule has 0 bridgehead atoms. The number of nitrogens with two attached hydrogens (primary N) is 1. The van der Waals surface area contributed by atoms with Crippen molar-refractivity contribution >= 4 is 0 Å². The maximum atomic E-state index is 13.2. The molecule has 0 heterocycles. The lowest BCUT2D eigenvalue weighted by Crippen LogP contribution is -2.28. The van der Waals surface area contributed by atoms with E-state index in [4.69, 9.17) is 10.5 Å². The van der Waals surface area contributed by atoms with Gasteiger partial charge < -0.3 is 15.6 Å². The van der Waals surface area contributed by atoms with Gasteiger partial charge in [-0.1, -0.05) is 36.4 Å². The Morgan fingerprint density at radius 3 is 2.55 bits per heavy atom. The van der Waals surface area contributed by atoms with Gasteiger partial charge in [0.2, 0.25) is 0 Å². The van der Waals surface area contributed by atoms with Gasteiger partial charge in [0.25, 0.3) is 0 Å². The van der Waals surface area contributed by atoms with Crippen LogP contribution in [-0.4, -0.2) is 18.3 Å². The SMILES string of the molecule is COc1cc(F)ccc1[C@@H](N)[C@@H](O)Cc1ccccc1. The molecule has 0 aliphatic heterocycles. The van der Waals surface area contributed by atoms with E-state index >= 15 is 0 Å². The number of methoxy groups -OCH3 is 1. The number of hydrogen-bond donors (Lipinski definition) is 2. The average molecular weight is 275 g/mol. The van der Waals surface area contributed by atoms with Gasteiger partial charge in [0.15, 0.2) is 0 Å². The number of rotatable bonds is 5. The number of ether oxygens (including phenoxy) is 1. The Labute approximate surface area is 117 Å². The minimum absolute atomic E-state index is 0.351. The molecule has 0 radical (unpaired) electrons. The molecule has 2 rings (SSSR count). The molecule has 0 unspecified atom stereocenters. The minimum Gasteiger partial charge on any atom is -0.496 e. The Morgan fingerprint density at radius 1 is 1.20 bits per heavy atom. The third-order valence-electron chi connectivity index (χ3n) is 3.26. The van der Waals surface area contributed by atoms with Crippen molar-refractivity contribution in [2.24, 2.45) is 5.73 Å². The Morgan fingerprint density at radius 2 is 1.90 bits per heavy atom. The highest BCUT2D eigenvalue weighted by atomic mass is 19.1. The van der Waals surface area contributed by atoms with Gasteiger partial charge in [-0.2, -0.15) is 0 Å². The summed E-state index contributed by atoms with van der Waals surface area (Å²) in [6.45, 7) is 0. The Kier molecular flexibility index (Phi) is 4.71. The lowest BCUT2D eigenvalue weighted by atomic mass is 9.96. The van der Waals surface area contributed by atoms with Gasteiger partial charge in [0.05, 0.1) is 19.3 Å². The molecule has 2 atom stereocenters. The summed E-state index contributed by atoms with van der Waals surface area (Å²) in [6, 6.07) is 13.1. The fourth-order valence-corrected chi connectivity index (χ4v) is 2.15. The van der Waals surface area contributed by atoms with E-state index in [9.17, 15) is 9.50 Å². The lowest BCUT2D eigenvalue weighted by molar-refractivity contribution is 0.143. The Hall–Kier alpha value is -1.91. The van der Waals surface area contributed by atoms with E-state index in [1.807, 2.05) is 30.3 Å². The van der Waals surface area contributed by atoms with E-state index < -0.39 is 18.0 Å². The van der Waals surface area contributed by atoms with Crippen LogP contribution in [0, 0.1) is 5.82 Å². The normalized spacial score (nSPS) is 13.8. The second-order valence-electron chi connectivity index (χ2n) is 4.67. The third kappa shape index (κ3) is 3.35. The molecule has 0 amide bonds. The van der Waals surface area contributed by atoms with E-state index in [1.54, 1.807) is 6.07 Å². The van der Waals surface area contributed by atoms with Crippen molar-refractivity contribution in [3.63, 3.8) is 0 Å². The van der Waals surface area contributed by atoms with E-state index in [-0.39, 0.29) is 0 Å². The first-order chi connectivity index (χ1) is 9.61. The van der Waals surface area contributed by atoms with E-state index in [2.05, 4.69) is 0 Å². The third-order valence-corrected chi connectivity index (χ3v) is 3.26. The first-order valence-electron chi connectivity index (χ1n) is 6.43. The summed E-state index contributed by atoms with van der Waals surface area (Å²) < 4.78 is 18.3. The van der Waals surface area contributed by atoms with Gasteiger partial charge in [-0.3, -0.25) is 0 Å². The monoisotopic (exact) mass is 275 g/mol. The molecule has 0 spiro atoms. The zero-order chi connectivity index (χ0) is 14.5. The van der Waals surface area contributed by atoms with Gasteiger partial charge in [0, 0.05) is 18.1 Å². The second kappa shape index (κ2) is 6.50. The summed E-state index contributed by atoms with van der Waals surface area (Å²) in [5.41, 5.74) is 7.65. The van der Waals surface area contributed by atoms with Crippen molar-refractivity contribution in [2.75, 3.05) is 7.11 Å². The summed E-state index contributed by atoms with van der Waals surface area (Å²) in [5.74, 6) is -0.0417. The standard InChI is InChI=1S/C16H18FNO2/c1-20-15-10-12(17)7-8-13(15)16(18)14(19)9-11-5-3-2-4-6-11/h2-8,10,14,16,19H,9,18H2,1H3/t14-,16+/m0/s1. The van der Waals surface area contributed by atoms with Gasteiger partial charge in [-0.25, -0.2) is 4.39 Å². The average Bonchev–Trinajstić information content (AvgIpc) is 2.47. The molecular formula is C16H18FNO2. The predicted octanol–water partition coefficient (Wildman–Crippen LogP) is 2.44. The van der Waals surface area contributed by atoms with E-state index in [1.165, 1.54) is 19.2 Å². The quantitative estimate of drug-likeness (QED) is 0.881. The zero-order valence-corrected chi connectivity index (χ0v) is 11.3. The van der Waals surface area contributed by atoms with Crippen molar-refractivity contribution < 1.29 is 14.2 Å². The predicted molar refractivity (Wildman–Crippen MR) is 76.0 cm³/mol. The highest BCUT2D eigenvalue weighted by Gasteiger charge is 2.21. The van der Waals surface area contributed by atoms with Gasteiger partial charge in [-0.15, -0.1) is 0 Å². The molecular weight excluding hydrogens is 257 g/mol. The topological polar surface area (TPSA) is 55.5 Å². The van der Waals surface area contributed by atoms with Gasteiger partial charge >= 0.3 is 0 Å². The fourth-order valence-electron chi connectivity index (χ4n) is 2.15. The molecule has 3 N–H and O–H groups in total. The number of halogens is 1. The van der Waals surface area contributed by atoms with Crippen LogP contribution in [0.15, 0.2) is 48.5 Å². The molecule has 0 aliphatic carbocycles. The smallest absolute Gasteiger partial charge is 0.126 e. The summed E-state index contributed by atoms with van der Waals surface area (Å²) in [4.78, 5) is 0. The molecule has 0 aromatic heterocycles. The second-order valence-corrected chi connectivity index (χ2v) is 4.67. The highest BCUT2D eigenvalue weighted by molar-refractivity contribution is 5.37. The van der Waals surface area contributed by atoms with Crippen LogP contribution in [0.25, 0.3) is 0 Å². The fraction of sp³-hybridized carbons (Fsp3) is 0.250. The van der Waals surface area contributed by atoms with E-state index in [0.29, 0.717) is 17.7 Å². The Balaban J connectivity index is 2.16. The number of aliphatic hydroxyl groups excluding tert-OH is 1. The maximum Gasteiger partial charge on any atom is 0.126 e. The van der Waals surface area contributed by atoms with Gasteiger partial charge in [-0.05, 0) is 11.6 Å². The van der Waals surface area contributed by atoms with Crippen LogP contribution in [0.4, 0.5) is 4.39 Å². The highest BCUT2D eigenvalue weighted by Crippen LogP contribution is 2.27. The summed E-state index contributed by atoms with van der Waals surface area (Å²) in [7, 11) is 1.45. The molecule has 0 saturated heterocycles. The van der Waals surface area contributed by atoms with Crippen LogP contribution in [0.5, 0.6) is 5.75 Å². The first kappa shape index (κ1) is 14.5. The summed E-state index contributed by atoms with van der Waals surface area (Å²) >= 11 is 0. The van der Waals surface area contributed by atoms with Crippen molar-refractivity contribution in [1.82, 2.24) is 0 Å². The molecule has 4 heteroatoms. The first-order valence-corrected chi connectivity index (χ1v) is 6.43. The number of hydrogen-bond acceptors (Lipinski definition) is 3. The van der Waals surface area contributed by atoms with Crippen molar-refractivity contribution in [2.45, 2.75) is 18.6 Å². The van der Waals surface area contributed by atoms with Crippen LogP contribution in [0.2, 0.25) is 0 Å². The lowest BCUT2D eigenvalue weighted by Gasteiger charge is -2.21. The minimum atomic E-state index is -0.767. The molecule has 0 saturated carbocycles. The number of benzene rings is 2. The molecule has 106 valence electrons. The molecule has 2 aromatic rings. The van der Waals surface area contributed by atoms with E-state index in [0.717, 1.165) is 5.56 Å². The number of aliphatic hydroxyl groups is 1. The molecule has 3 nitrogen and oxygen atoms in total. The molecule has 2 aromatic carbocycles. The van der Waals surface area contributed by atoms with Crippen molar-refractivity contribution in [3.05, 3.63) is 65.5 Å². The van der Waals surface area contributed by atoms with Gasteiger partial charge in [0.1, 0.15) is 11.6 Å². The largest absolute Gasteiger partial charge is 0.496 e. The van der Waals surface area contributed by atoms with Crippen LogP contribution < -0.4 is 10.5 Å². The van der Waals surface area contributed by atoms with Crippen LogP contribution in [0.3, 0.4) is 0 Å². The molecule has 0 fully saturated rings. The van der Waals surface area contributed by atoms with Crippen molar-refractivity contribution in [1.29, 1.82) is 0 Å². The molecule has 0 aliphatic rings. The van der Waals surface area contributed by atoms with Crippen LogP contribution in [-0.2, 0) is 6.42 Å². The van der Waals surface area contributed by atoms with Crippen LogP contribution in [0.1, 0.15) is 17.2 Å². The van der Waals surface area contributed by atoms with Crippen molar-refractivity contribution in [3.8, 4) is 5.75 Å². The zero-order valence-electron chi connectivity index (χ0n) is 11.3. The van der Waals surface area contributed by atoms with Crippen LogP contribution >= 0.6 is 0 Å².